The van der Waals surface area contributed by atoms with Gasteiger partial charge in [-0.1, -0.05) is 44.9 Å². The molecule has 1 aromatic heterocycles. The molecule has 2 aromatic rings. The van der Waals surface area contributed by atoms with Crippen LogP contribution in [0, 0.1) is 5.92 Å². The minimum atomic E-state index is -0.124. The van der Waals surface area contributed by atoms with Crippen molar-refractivity contribution in [3.05, 3.63) is 46.7 Å². The van der Waals surface area contributed by atoms with Crippen molar-refractivity contribution in [1.82, 2.24) is 15.1 Å². The maximum Gasteiger partial charge on any atom is 0.254 e. The Hall–Kier alpha value is -1.85. The fourth-order valence-corrected chi connectivity index (χ4v) is 3.36. The van der Waals surface area contributed by atoms with E-state index in [1.165, 1.54) is 0 Å². The van der Waals surface area contributed by atoms with Crippen molar-refractivity contribution >= 4 is 17.5 Å². The summed E-state index contributed by atoms with van der Waals surface area (Å²) in [6.45, 7) is 6.90. The molecule has 2 rings (SSSR count). The molecule has 1 aromatic carbocycles. The monoisotopic (exact) mass is 377 g/mol. The molecule has 2 N–H and O–H groups in total. The molecule has 0 bridgehead atoms. The second kappa shape index (κ2) is 9.74. The molecule has 0 aliphatic carbocycles. The van der Waals surface area contributed by atoms with Crippen molar-refractivity contribution in [3.63, 3.8) is 0 Å². The van der Waals surface area contributed by atoms with Gasteiger partial charge in [0.1, 0.15) is 0 Å². The molecule has 0 radical (unpaired) electrons. The Balaban J connectivity index is 2.22. The molecule has 0 saturated heterocycles. The van der Waals surface area contributed by atoms with Crippen LogP contribution in [0.15, 0.2) is 30.5 Å². The molecule has 0 aliphatic rings. The Labute approximate surface area is 160 Å². The number of aliphatic hydroxyl groups is 1. The number of nitrogens with zero attached hydrogens (tertiary/aromatic N) is 2. The van der Waals surface area contributed by atoms with Crippen molar-refractivity contribution in [2.75, 3.05) is 13.2 Å². The van der Waals surface area contributed by atoms with Gasteiger partial charge in [0, 0.05) is 18.2 Å². The lowest BCUT2D eigenvalue weighted by atomic mass is 10.00. The molecule has 142 valence electrons. The summed E-state index contributed by atoms with van der Waals surface area (Å²) in [6, 6.07) is 7.44. The zero-order chi connectivity index (χ0) is 19.1. The fourth-order valence-electron chi connectivity index (χ4n) is 3.17. The van der Waals surface area contributed by atoms with E-state index in [9.17, 15) is 9.90 Å². The van der Waals surface area contributed by atoms with Crippen molar-refractivity contribution in [1.29, 1.82) is 0 Å². The standard InChI is InChI=1S/C20H28ClN3O2/c1-4-6-15(9-10-25)12-22-20(26)18-13-23-24(19(18)14(2)3)17-8-5-7-16(21)11-17/h5,7-8,11,13-15,25H,4,6,9-10,12H2,1-3H3,(H,22,26)/t15-/m0/s1. The van der Waals surface area contributed by atoms with Crippen molar-refractivity contribution < 1.29 is 9.90 Å². The Morgan fingerprint density at radius 3 is 2.73 bits per heavy atom. The van der Waals surface area contributed by atoms with Gasteiger partial charge in [0.2, 0.25) is 0 Å². The predicted octanol–water partition coefficient (Wildman–Crippen LogP) is 4.18. The minimum absolute atomic E-state index is 0.124. The second-order valence-electron chi connectivity index (χ2n) is 6.87. The van der Waals surface area contributed by atoms with E-state index in [-0.39, 0.29) is 18.4 Å². The number of aromatic nitrogens is 2. The van der Waals surface area contributed by atoms with Crippen molar-refractivity contribution in [2.45, 2.75) is 46.0 Å². The first-order valence-electron chi connectivity index (χ1n) is 9.20. The van der Waals surface area contributed by atoms with E-state index in [2.05, 4.69) is 17.3 Å². The average Bonchev–Trinajstić information content (AvgIpc) is 3.05. The molecule has 0 fully saturated rings. The third-order valence-electron chi connectivity index (χ3n) is 4.44. The molecule has 1 atom stereocenters. The van der Waals surface area contributed by atoms with Crippen LogP contribution in [0.1, 0.15) is 62.0 Å². The highest BCUT2D eigenvalue weighted by Crippen LogP contribution is 2.24. The lowest BCUT2D eigenvalue weighted by molar-refractivity contribution is 0.0941. The quantitative estimate of drug-likeness (QED) is 0.688. The van der Waals surface area contributed by atoms with E-state index >= 15 is 0 Å². The predicted molar refractivity (Wildman–Crippen MR) is 105 cm³/mol. The SMILES string of the molecule is CCC[C@@H](CCO)CNC(=O)c1cnn(-c2cccc(Cl)c2)c1C(C)C. The maximum atomic E-state index is 12.7. The van der Waals surface area contributed by atoms with Crippen LogP contribution in [0.25, 0.3) is 5.69 Å². The molecule has 0 saturated carbocycles. The topological polar surface area (TPSA) is 67.2 Å². The largest absolute Gasteiger partial charge is 0.396 e. The van der Waals surface area contributed by atoms with Crippen LogP contribution in [0.2, 0.25) is 5.02 Å². The molecule has 26 heavy (non-hydrogen) atoms. The van der Waals surface area contributed by atoms with Gasteiger partial charge < -0.3 is 10.4 Å². The first-order chi connectivity index (χ1) is 12.5. The van der Waals surface area contributed by atoms with Gasteiger partial charge in [0.15, 0.2) is 0 Å². The number of nitrogens with one attached hydrogen (secondary N) is 1. The number of halogens is 1. The van der Waals surface area contributed by atoms with E-state index in [1.54, 1.807) is 10.9 Å². The van der Waals surface area contributed by atoms with E-state index in [0.717, 1.165) is 24.2 Å². The highest BCUT2D eigenvalue weighted by Gasteiger charge is 2.21. The average molecular weight is 378 g/mol. The third kappa shape index (κ3) is 5.08. The number of carbonyl (C=O) groups is 1. The van der Waals surface area contributed by atoms with E-state index in [0.29, 0.717) is 29.5 Å². The first kappa shape index (κ1) is 20.5. The number of amides is 1. The zero-order valence-electron chi connectivity index (χ0n) is 15.7. The summed E-state index contributed by atoms with van der Waals surface area (Å²) in [5.74, 6) is 0.293. The first-order valence-corrected chi connectivity index (χ1v) is 9.58. The zero-order valence-corrected chi connectivity index (χ0v) is 16.5. The Morgan fingerprint density at radius 1 is 1.35 bits per heavy atom. The van der Waals surface area contributed by atoms with Gasteiger partial charge in [-0.25, -0.2) is 4.68 Å². The van der Waals surface area contributed by atoms with Crippen LogP contribution in [0.3, 0.4) is 0 Å². The number of hydrogen-bond donors (Lipinski definition) is 2. The third-order valence-corrected chi connectivity index (χ3v) is 4.67. The summed E-state index contributed by atoms with van der Waals surface area (Å²) in [4.78, 5) is 12.7. The smallest absolute Gasteiger partial charge is 0.254 e. The second-order valence-corrected chi connectivity index (χ2v) is 7.30. The van der Waals surface area contributed by atoms with Gasteiger partial charge >= 0.3 is 0 Å². The van der Waals surface area contributed by atoms with E-state index in [1.807, 2.05) is 38.1 Å². The summed E-state index contributed by atoms with van der Waals surface area (Å²) in [5, 5.41) is 17.2. The summed E-state index contributed by atoms with van der Waals surface area (Å²) < 4.78 is 1.78. The molecular weight excluding hydrogens is 350 g/mol. The summed E-state index contributed by atoms with van der Waals surface area (Å²) in [6.07, 6.45) is 4.34. The highest BCUT2D eigenvalue weighted by atomic mass is 35.5. The van der Waals surface area contributed by atoms with Crippen LogP contribution >= 0.6 is 11.6 Å². The van der Waals surface area contributed by atoms with Gasteiger partial charge in [-0.2, -0.15) is 5.10 Å². The van der Waals surface area contributed by atoms with Crippen LogP contribution in [0.4, 0.5) is 0 Å². The molecule has 0 unspecified atom stereocenters. The number of benzene rings is 1. The molecule has 1 amide bonds. The van der Waals surface area contributed by atoms with Gasteiger partial charge in [0.25, 0.3) is 5.91 Å². The Morgan fingerprint density at radius 2 is 2.12 bits per heavy atom. The Bertz CT molecular complexity index is 722. The molecule has 0 aliphatic heterocycles. The van der Waals surface area contributed by atoms with E-state index in [4.69, 9.17) is 11.6 Å². The lowest BCUT2D eigenvalue weighted by Crippen LogP contribution is -2.30. The van der Waals surface area contributed by atoms with Crippen LogP contribution in [-0.4, -0.2) is 33.9 Å². The molecule has 1 heterocycles. The van der Waals surface area contributed by atoms with Gasteiger partial charge in [-0.3, -0.25) is 4.79 Å². The molecule has 5 nitrogen and oxygen atoms in total. The number of aliphatic hydroxyl groups excluding tert-OH is 1. The lowest BCUT2D eigenvalue weighted by Gasteiger charge is -2.17. The van der Waals surface area contributed by atoms with Crippen LogP contribution in [0.5, 0.6) is 0 Å². The fraction of sp³-hybridized carbons (Fsp3) is 0.500. The molecule has 6 heteroatoms. The van der Waals surface area contributed by atoms with Gasteiger partial charge in [0.05, 0.1) is 23.1 Å². The highest BCUT2D eigenvalue weighted by molar-refractivity contribution is 6.30. The number of hydrogen-bond acceptors (Lipinski definition) is 3. The number of rotatable bonds is 9. The van der Waals surface area contributed by atoms with Gasteiger partial charge in [-0.05, 0) is 42.9 Å². The van der Waals surface area contributed by atoms with E-state index < -0.39 is 0 Å². The van der Waals surface area contributed by atoms with Gasteiger partial charge in [-0.15, -0.1) is 0 Å². The molecular formula is C20H28ClN3O2. The number of carbonyl (C=O) groups excluding carboxylic acids is 1. The molecule has 0 spiro atoms. The Kier molecular flexibility index (Phi) is 7.66. The van der Waals surface area contributed by atoms with Crippen molar-refractivity contribution in [2.24, 2.45) is 5.92 Å². The summed E-state index contributed by atoms with van der Waals surface area (Å²) in [5.41, 5.74) is 2.28. The maximum absolute atomic E-state index is 12.7. The summed E-state index contributed by atoms with van der Waals surface area (Å²) >= 11 is 6.10. The van der Waals surface area contributed by atoms with Crippen molar-refractivity contribution in [3.8, 4) is 5.69 Å². The van der Waals surface area contributed by atoms with Crippen LogP contribution < -0.4 is 5.32 Å². The minimum Gasteiger partial charge on any atom is -0.396 e. The van der Waals surface area contributed by atoms with Crippen LogP contribution in [-0.2, 0) is 0 Å². The summed E-state index contributed by atoms with van der Waals surface area (Å²) in [7, 11) is 0. The normalized spacial score (nSPS) is 12.4.